The molecule has 2 N–H and O–H groups in total. The van der Waals surface area contributed by atoms with E-state index in [0.717, 1.165) is 46.6 Å². The van der Waals surface area contributed by atoms with Gasteiger partial charge in [-0.15, -0.1) is 0 Å². The van der Waals surface area contributed by atoms with Crippen LogP contribution >= 0.6 is 0 Å². The number of nitrogens with zero attached hydrogens (tertiary/aromatic N) is 1. The van der Waals surface area contributed by atoms with Gasteiger partial charge in [-0.3, -0.25) is 4.79 Å². The Hall–Kier alpha value is -3.41. The fraction of sp³-hybridized carbons (Fsp3) is 0.240. The fourth-order valence-corrected chi connectivity index (χ4v) is 3.96. The van der Waals surface area contributed by atoms with Crippen LogP contribution in [0.15, 0.2) is 54.6 Å². The minimum absolute atomic E-state index is 0.118. The lowest BCUT2D eigenvalue weighted by atomic mass is 10.0. The number of hydrogen-bond acceptors (Lipinski definition) is 2. The summed E-state index contributed by atoms with van der Waals surface area (Å²) < 4.78 is 31.4. The molecule has 4 aromatic rings. The van der Waals surface area contributed by atoms with Crippen LogP contribution in [-0.4, -0.2) is 17.1 Å². The van der Waals surface area contributed by atoms with Crippen molar-refractivity contribution in [3.8, 4) is 5.75 Å². The predicted molar refractivity (Wildman–Crippen MR) is 118 cm³/mol. The lowest BCUT2D eigenvalue weighted by molar-refractivity contribution is -0.0498. The minimum atomic E-state index is -2.85. The molecule has 4 rings (SSSR count). The Morgan fingerprint density at radius 1 is 1.13 bits per heavy atom. The summed E-state index contributed by atoms with van der Waals surface area (Å²) in [5.74, 6) is -0.367. The highest BCUT2D eigenvalue weighted by atomic mass is 19.3. The molecule has 0 aliphatic heterocycles. The van der Waals surface area contributed by atoms with Gasteiger partial charge in [0.1, 0.15) is 5.75 Å². The highest BCUT2D eigenvalue weighted by Gasteiger charge is 2.17. The van der Waals surface area contributed by atoms with E-state index >= 15 is 0 Å². The number of fused-ring (bicyclic) bond motifs is 3. The molecule has 0 unspecified atom stereocenters. The van der Waals surface area contributed by atoms with Crippen LogP contribution in [0, 0.1) is 6.07 Å². The number of unbranched alkanes of at least 4 members (excludes halogenated alkanes) is 1. The first-order valence-corrected chi connectivity index (χ1v) is 10.3. The maximum absolute atomic E-state index is 12.4. The van der Waals surface area contributed by atoms with Gasteiger partial charge < -0.3 is 15.0 Å². The van der Waals surface area contributed by atoms with E-state index in [2.05, 4.69) is 28.4 Å². The standard InChI is InChI=1S/C25H23F2N2O2/c1-2-3-5-16-10-13-19-22(14-16)29(21-7-4-6-20(23(19)21)24(28)30)15-17-8-11-18(12-9-17)31-25(26)27/h4,6-12,14,25H,2-3,5,15H2,1H3,(H2,28,30). The second-order valence-electron chi connectivity index (χ2n) is 7.54. The Kier molecular flexibility index (Phi) is 5.89. The highest BCUT2D eigenvalue weighted by Crippen LogP contribution is 2.33. The summed E-state index contributed by atoms with van der Waals surface area (Å²) in [6.45, 7) is -0.199. The minimum Gasteiger partial charge on any atom is -0.435 e. The molecular formula is C25H23F2N2O2. The molecule has 1 heterocycles. The number of benzene rings is 3. The van der Waals surface area contributed by atoms with Gasteiger partial charge in [-0.2, -0.15) is 8.78 Å². The number of alkyl halides is 2. The molecule has 0 bridgehead atoms. The highest BCUT2D eigenvalue weighted by molar-refractivity contribution is 6.17. The molecule has 1 radical (unpaired) electrons. The van der Waals surface area contributed by atoms with E-state index in [-0.39, 0.29) is 5.75 Å². The van der Waals surface area contributed by atoms with Gasteiger partial charge in [0.2, 0.25) is 5.91 Å². The molecule has 4 nitrogen and oxygen atoms in total. The van der Waals surface area contributed by atoms with Gasteiger partial charge in [-0.05, 0) is 60.4 Å². The average Bonchev–Trinajstić information content (AvgIpc) is 3.06. The van der Waals surface area contributed by atoms with Gasteiger partial charge in [0, 0.05) is 22.9 Å². The summed E-state index contributed by atoms with van der Waals surface area (Å²) in [6, 6.07) is 19.6. The average molecular weight is 421 g/mol. The first kappa shape index (κ1) is 20.8. The van der Waals surface area contributed by atoms with Crippen LogP contribution in [0.5, 0.6) is 5.75 Å². The summed E-state index contributed by atoms with van der Waals surface area (Å²) >= 11 is 0. The summed E-state index contributed by atoms with van der Waals surface area (Å²) in [7, 11) is 0. The number of ether oxygens (including phenoxy) is 1. The van der Waals surface area contributed by atoms with Crippen molar-refractivity contribution < 1.29 is 18.3 Å². The quantitative estimate of drug-likeness (QED) is 0.398. The number of aromatic nitrogens is 1. The van der Waals surface area contributed by atoms with Gasteiger partial charge >= 0.3 is 6.61 Å². The molecule has 6 heteroatoms. The van der Waals surface area contributed by atoms with Gasteiger partial charge in [0.15, 0.2) is 0 Å². The van der Waals surface area contributed by atoms with Crippen molar-refractivity contribution in [2.24, 2.45) is 5.73 Å². The third kappa shape index (κ3) is 4.24. The number of carbonyl (C=O) groups excluding carboxylic acids is 1. The molecule has 0 aliphatic rings. The van der Waals surface area contributed by atoms with Crippen molar-refractivity contribution in [2.75, 3.05) is 0 Å². The second kappa shape index (κ2) is 8.76. The Labute approximate surface area is 179 Å². The van der Waals surface area contributed by atoms with Gasteiger partial charge in [-0.1, -0.05) is 37.6 Å². The number of amides is 1. The number of nitrogens with two attached hydrogens (primary N) is 1. The van der Waals surface area contributed by atoms with Crippen molar-refractivity contribution in [1.82, 2.24) is 4.57 Å². The molecule has 0 fully saturated rings. The fourth-order valence-electron chi connectivity index (χ4n) is 3.96. The van der Waals surface area contributed by atoms with Crippen LogP contribution in [0.25, 0.3) is 21.8 Å². The molecule has 31 heavy (non-hydrogen) atoms. The smallest absolute Gasteiger partial charge is 0.387 e. The number of hydrogen-bond donors (Lipinski definition) is 1. The molecule has 0 aliphatic carbocycles. The summed E-state index contributed by atoms with van der Waals surface area (Å²) in [5, 5.41) is 1.63. The molecule has 0 spiro atoms. The van der Waals surface area contributed by atoms with Crippen molar-refractivity contribution in [1.29, 1.82) is 0 Å². The largest absolute Gasteiger partial charge is 0.435 e. The third-order valence-corrected chi connectivity index (χ3v) is 5.43. The molecule has 0 atom stereocenters. The predicted octanol–water partition coefficient (Wildman–Crippen LogP) is 5.69. The van der Waals surface area contributed by atoms with E-state index in [0.29, 0.717) is 12.1 Å². The molecule has 3 aromatic carbocycles. The normalized spacial score (nSPS) is 11.5. The van der Waals surface area contributed by atoms with Crippen LogP contribution in [0.1, 0.15) is 41.3 Å². The zero-order chi connectivity index (χ0) is 22.0. The molecule has 159 valence electrons. The third-order valence-electron chi connectivity index (χ3n) is 5.43. The monoisotopic (exact) mass is 421 g/mol. The van der Waals surface area contributed by atoms with Crippen LogP contribution in [0.3, 0.4) is 0 Å². The molecule has 0 saturated heterocycles. The molecule has 0 saturated carbocycles. The topological polar surface area (TPSA) is 57.2 Å². The van der Waals surface area contributed by atoms with E-state index in [1.54, 1.807) is 18.2 Å². The van der Waals surface area contributed by atoms with Crippen LogP contribution in [0.2, 0.25) is 0 Å². The first-order valence-electron chi connectivity index (χ1n) is 10.3. The zero-order valence-electron chi connectivity index (χ0n) is 17.2. The Bertz CT molecular complexity index is 1230. The van der Waals surface area contributed by atoms with Gasteiger partial charge in [0.05, 0.1) is 11.0 Å². The van der Waals surface area contributed by atoms with E-state index in [1.807, 2.05) is 18.2 Å². The second-order valence-corrected chi connectivity index (χ2v) is 7.54. The van der Waals surface area contributed by atoms with Gasteiger partial charge in [0.25, 0.3) is 0 Å². The van der Waals surface area contributed by atoms with Crippen molar-refractivity contribution in [3.63, 3.8) is 0 Å². The van der Waals surface area contributed by atoms with Crippen molar-refractivity contribution in [3.05, 3.63) is 77.4 Å². The van der Waals surface area contributed by atoms with Crippen molar-refractivity contribution in [2.45, 2.75) is 39.3 Å². The van der Waals surface area contributed by atoms with E-state index in [9.17, 15) is 13.6 Å². The molecular weight excluding hydrogens is 398 g/mol. The summed E-state index contributed by atoms with van der Waals surface area (Å²) in [5.41, 5.74) is 10.0. The Morgan fingerprint density at radius 2 is 1.90 bits per heavy atom. The summed E-state index contributed by atoms with van der Waals surface area (Å²) in [6.07, 6.45) is 3.13. The van der Waals surface area contributed by atoms with Crippen molar-refractivity contribution >= 4 is 27.7 Å². The van der Waals surface area contributed by atoms with Crippen LogP contribution in [0.4, 0.5) is 8.78 Å². The van der Waals surface area contributed by atoms with Crippen LogP contribution < -0.4 is 10.5 Å². The molecule has 1 aromatic heterocycles. The lowest BCUT2D eigenvalue weighted by Gasteiger charge is -2.10. The van der Waals surface area contributed by atoms with Gasteiger partial charge in [-0.25, -0.2) is 0 Å². The Morgan fingerprint density at radius 3 is 2.58 bits per heavy atom. The maximum atomic E-state index is 12.4. The lowest BCUT2D eigenvalue weighted by Crippen LogP contribution is -2.11. The number of primary amides is 1. The number of aryl methyl sites for hydroxylation is 1. The SMILES string of the molecule is CCCCc1c[c]c2c3c(C(N)=O)cccc3n(Cc3ccc(OC(F)F)cc3)c2c1. The first-order chi connectivity index (χ1) is 15.0. The van der Waals surface area contributed by atoms with E-state index in [1.165, 1.54) is 17.7 Å². The number of halogens is 2. The Balaban J connectivity index is 1.84. The van der Waals surface area contributed by atoms with Crippen LogP contribution in [-0.2, 0) is 13.0 Å². The maximum Gasteiger partial charge on any atom is 0.387 e. The zero-order valence-corrected chi connectivity index (χ0v) is 17.2. The number of rotatable bonds is 8. The summed E-state index contributed by atoms with van der Waals surface area (Å²) in [4.78, 5) is 12.1. The van der Waals surface area contributed by atoms with E-state index in [4.69, 9.17) is 5.73 Å². The van der Waals surface area contributed by atoms with E-state index < -0.39 is 12.5 Å². The molecule has 1 amide bonds. The number of carbonyl (C=O) groups is 1.